The Morgan fingerprint density at radius 2 is 0.652 bits per heavy atom. The van der Waals surface area contributed by atoms with Crippen molar-refractivity contribution >= 4 is 17.9 Å². The highest BCUT2D eigenvalue weighted by molar-refractivity contribution is 5.71. The molecule has 0 amide bonds. The molecule has 0 saturated heterocycles. The lowest BCUT2D eigenvalue weighted by Crippen LogP contribution is -2.30. The Kier molecular flexibility index (Phi) is 53.0. The molecule has 1 atom stereocenters. The summed E-state index contributed by atoms with van der Waals surface area (Å²) < 4.78 is 16.8. The molecule has 6 heteroatoms. The van der Waals surface area contributed by atoms with Crippen LogP contribution in [0.25, 0.3) is 0 Å². The van der Waals surface area contributed by atoms with Gasteiger partial charge in [-0.25, -0.2) is 0 Å². The van der Waals surface area contributed by atoms with Crippen molar-refractivity contribution in [1.29, 1.82) is 0 Å². The van der Waals surface area contributed by atoms with Gasteiger partial charge >= 0.3 is 17.9 Å². The molecule has 0 aliphatic heterocycles. The largest absolute Gasteiger partial charge is 0.462 e. The SMILES string of the molecule is CC\C=C/C=C\C=C/C=C\C=C/CCCC(=O)OCC(COC(=O)CCCCCCCC/C=C\C/C=C\C/C=C\C/C=C\CC)OC(=O)CCCCCCCCC/C=C\CCCCCCCCCC. The van der Waals surface area contributed by atoms with Crippen molar-refractivity contribution in [2.75, 3.05) is 13.2 Å². The van der Waals surface area contributed by atoms with Crippen LogP contribution in [0.2, 0.25) is 0 Å². The van der Waals surface area contributed by atoms with Crippen molar-refractivity contribution in [3.05, 3.63) is 122 Å². The third-order valence-corrected chi connectivity index (χ3v) is 11.6. The Bertz CT molecular complexity index is 1470. The zero-order valence-corrected chi connectivity index (χ0v) is 44.5. The van der Waals surface area contributed by atoms with E-state index in [2.05, 4.69) is 87.6 Å². The Labute approximate surface area is 424 Å². The third kappa shape index (κ3) is 54.6. The van der Waals surface area contributed by atoms with E-state index in [0.29, 0.717) is 19.3 Å². The highest BCUT2D eigenvalue weighted by atomic mass is 16.6. The molecule has 1 unspecified atom stereocenters. The predicted molar refractivity (Wildman–Crippen MR) is 297 cm³/mol. The molecule has 0 heterocycles. The summed E-state index contributed by atoms with van der Waals surface area (Å²) in [7, 11) is 0. The molecule has 390 valence electrons. The van der Waals surface area contributed by atoms with Gasteiger partial charge in [-0.2, -0.15) is 0 Å². The number of allylic oxidation sites excluding steroid dienone is 20. The highest BCUT2D eigenvalue weighted by Crippen LogP contribution is 2.14. The van der Waals surface area contributed by atoms with E-state index in [-0.39, 0.29) is 37.5 Å². The molecule has 69 heavy (non-hydrogen) atoms. The minimum Gasteiger partial charge on any atom is -0.462 e. The maximum Gasteiger partial charge on any atom is 0.306 e. The Morgan fingerprint density at radius 3 is 1.12 bits per heavy atom. The molecule has 0 radical (unpaired) electrons. The molecule has 0 aliphatic rings. The maximum atomic E-state index is 12.9. The first-order valence-electron chi connectivity index (χ1n) is 28.1. The Morgan fingerprint density at radius 1 is 0.319 bits per heavy atom. The molecule has 0 aromatic carbocycles. The standard InChI is InChI=1S/C63H102O6/c1-4-7-10-13-16-19-22-25-27-29-31-33-35-38-41-44-47-50-53-56-62(65)68-59-60(58-67-61(64)55-52-49-46-43-40-37-24-21-18-15-12-9-6-3)69-63(66)57-54-51-48-45-42-39-36-34-32-30-28-26-23-20-17-14-11-8-5-2/h7,9-10,12,15-16,18-19,21,24-25,27,30-33,37,40,43,46,60H,4-6,8,11,13-14,17,20,22-23,26,28-29,34-36,38-39,41-42,44-45,47-59H2,1-3H3/b10-7-,12-9-,18-15-,19-16-,24-21-,27-25-,32-30-,33-31-,40-37-,46-43-. The fourth-order valence-electron chi connectivity index (χ4n) is 7.40. The quantitative estimate of drug-likeness (QED) is 0.0199. The minimum atomic E-state index is -0.819. The summed E-state index contributed by atoms with van der Waals surface area (Å²) in [4.78, 5) is 38.1. The van der Waals surface area contributed by atoms with Gasteiger partial charge in [-0.3, -0.25) is 14.4 Å². The van der Waals surface area contributed by atoms with Crippen LogP contribution in [0.5, 0.6) is 0 Å². The van der Waals surface area contributed by atoms with Crippen LogP contribution in [0.1, 0.15) is 239 Å². The van der Waals surface area contributed by atoms with E-state index in [4.69, 9.17) is 14.2 Å². The van der Waals surface area contributed by atoms with Crippen molar-refractivity contribution in [3.8, 4) is 0 Å². The molecule has 0 aromatic heterocycles. The summed E-state index contributed by atoms with van der Waals surface area (Å²) in [6.07, 6.45) is 77.7. The topological polar surface area (TPSA) is 78.9 Å². The number of carbonyl (C=O) groups excluding carboxylic acids is 3. The van der Waals surface area contributed by atoms with Crippen LogP contribution in [0.3, 0.4) is 0 Å². The van der Waals surface area contributed by atoms with E-state index in [1.165, 1.54) is 103 Å². The summed E-state index contributed by atoms with van der Waals surface area (Å²) in [6.45, 7) is 6.30. The first-order chi connectivity index (χ1) is 34.0. The van der Waals surface area contributed by atoms with Crippen molar-refractivity contribution in [2.45, 2.75) is 245 Å². The van der Waals surface area contributed by atoms with Crippen molar-refractivity contribution in [2.24, 2.45) is 0 Å². The summed E-state index contributed by atoms with van der Waals surface area (Å²) in [5.41, 5.74) is 0. The van der Waals surface area contributed by atoms with Gasteiger partial charge in [0, 0.05) is 19.3 Å². The van der Waals surface area contributed by atoms with Crippen LogP contribution in [0.4, 0.5) is 0 Å². The number of esters is 3. The van der Waals surface area contributed by atoms with Crippen LogP contribution in [-0.4, -0.2) is 37.2 Å². The molecule has 0 fully saturated rings. The predicted octanol–water partition coefficient (Wildman–Crippen LogP) is 18.9. The van der Waals surface area contributed by atoms with Gasteiger partial charge in [0.25, 0.3) is 0 Å². The number of rotatable bonds is 49. The van der Waals surface area contributed by atoms with Gasteiger partial charge < -0.3 is 14.2 Å². The van der Waals surface area contributed by atoms with Gasteiger partial charge in [0.2, 0.25) is 0 Å². The van der Waals surface area contributed by atoms with Gasteiger partial charge in [0.1, 0.15) is 13.2 Å². The molecule has 0 bridgehead atoms. The van der Waals surface area contributed by atoms with E-state index in [0.717, 1.165) is 89.9 Å². The number of unbranched alkanes of at least 4 members (excludes halogenated alkanes) is 22. The second-order valence-electron chi connectivity index (χ2n) is 18.2. The van der Waals surface area contributed by atoms with Crippen LogP contribution in [0, 0.1) is 0 Å². The molecule has 0 N–H and O–H groups in total. The summed E-state index contributed by atoms with van der Waals surface area (Å²) in [5.74, 6) is -1.01. The van der Waals surface area contributed by atoms with E-state index < -0.39 is 6.10 Å². The van der Waals surface area contributed by atoms with Gasteiger partial charge in [-0.05, 0) is 96.3 Å². The van der Waals surface area contributed by atoms with Crippen LogP contribution < -0.4 is 0 Å². The molecule has 6 nitrogen and oxygen atoms in total. The van der Waals surface area contributed by atoms with E-state index in [1.54, 1.807) is 0 Å². The fraction of sp³-hybridized carbons (Fsp3) is 0.635. The minimum absolute atomic E-state index is 0.113. The fourth-order valence-corrected chi connectivity index (χ4v) is 7.40. The smallest absolute Gasteiger partial charge is 0.306 e. The zero-order chi connectivity index (χ0) is 50.0. The van der Waals surface area contributed by atoms with Gasteiger partial charge in [-0.1, -0.05) is 245 Å². The van der Waals surface area contributed by atoms with E-state index in [1.807, 2.05) is 54.7 Å². The average molecular weight is 956 g/mol. The molecule has 0 aliphatic carbocycles. The zero-order valence-electron chi connectivity index (χ0n) is 44.5. The lowest BCUT2D eigenvalue weighted by atomic mass is 10.1. The summed E-state index contributed by atoms with van der Waals surface area (Å²) in [6, 6.07) is 0. The normalized spacial score (nSPS) is 13.0. The van der Waals surface area contributed by atoms with Crippen molar-refractivity contribution in [1.82, 2.24) is 0 Å². The van der Waals surface area contributed by atoms with E-state index in [9.17, 15) is 14.4 Å². The van der Waals surface area contributed by atoms with Gasteiger partial charge in [0.05, 0.1) is 0 Å². The first-order valence-corrected chi connectivity index (χ1v) is 28.1. The van der Waals surface area contributed by atoms with Gasteiger partial charge in [0.15, 0.2) is 6.10 Å². The highest BCUT2D eigenvalue weighted by Gasteiger charge is 2.19. The molecule has 0 spiro atoms. The maximum absolute atomic E-state index is 12.9. The van der Waals surface area contributed by atoms with E-state index >= 15 is 0 Å². The van der Waals surface area contributed by atoms with Crippen molar-refractivity contribution < 1.29 is 28.6 Å². The number of hydrogen-bond acceptors (Lipinski definition) is 6. The second kappa shape index (κ2) is 56.4. The second-order valence-corrected chi connectivity index (χ2v) is 18.2. The molecule has 0 saturated carbocycles. The van der Waals surface area contributed by atoms with Crippen LogP contribution in [-0.2, 0) is 28.6 Å². The summed E-state index contributed by atoms with van der Waals surface area (Å²) in [5, 5.41) is 0. The van der Waals surface area contributed by atoms with Crippen LogP contribution >= 0.6 is 0 Å². The Balaban J connectivity index is 4.48. The van der Waals surface area contributed by atoms with Crippen LogP contribution in [0.15, 0.2) is 122 Å². The Hall–Kier alpha value is -4.19. The van der Waals surface area contributed by atoms with Crippen molar-refractivity contribution in [3.63, 3.8) is 0 Å². The lowest BCUT2D eigenvalue weighted by molar-refractivity contribution is -0.167. The lowest BCUT2D eigenvalue weighted by Gasteiger charge is -2.18. The summed E-state index contributed by atoms with van der Waals surface area (Å²) >= 11 is 0. The molecule has 0 aromatic rings. The third-order valence-electron chi connectivity index (χ3n) is 11.6. The molecule has 0 rings (SSSR count). The molecular weight excluding hydrogens is 853 g/mol. The monoisotopic (exact) mass is 955 g/mol. The number of ether oxygens (including phenoxy) is 3. The first kappa shape index (κ1) is 64.8. The molecular formula is C63H102O6. The average Bonchev–Trinajstić information content (AvgIpc) is 3.35. The number of carbonyl (C=O) groups is 3. The van der Waals surface area contributed by atoms with Gasteiger partial charge in [-0.15, -0.1) is 0 Å². The number of hydrogen-bond donors (Lipinski definition) is 0.